The Balaban J connectivity index is 1.45. The molecule has 0 spiro atoms. The molecular weight excluding hydrogens is 574 g/mol. The summed E-state index contributed by atoms with van der Waals surface area (Å²) in [6.45, 7) is 3.81. The average Bonchev–Trinajstić information content (AvgIpc) is 3.67. The van der Waals surface area contributed by atoms with Crippen molar-refractivity contribution in [3.8, 4) is 17.2 Å². The van der Waals surface area contributed by atoms with E-state index in [1.807, 2.05) is 13.8 Å². The van der Waals surface area contributed by atoms with E-state index in [9.17, 15) is 31.9 Å². The summed E-state index contributed by atoms with van der Waals surface area (Å²) in [6.07, 6.45) is -2.63. The Morgan fingerprint density at radius 1 is 1.07 bits per heavy atom. The normalized spacial score (nSPS) is 21.0. The zero-order chi connectivity index (χ0) is 31.2. The molecule has 13 heteroatoms. The summed E-state index contributed by atoms with van der Waals surface area (Å²) in [5.41, 5.74) is 0.355. The van der Waals surface area contributed by atoms with E-state index in [-0.39, 0.29) is 40.4 Å². The van der Waals surface area contributed by atoms with Crippen LogP contribution >= 0.6 is 0 Å². The molecule has 1 heterocycles. The molecule has 0 aliphatic heterocycles. The van der Waals surface area contributed by atoms with Gasteiger partial charge < -0.3 is 24.9 Å². The third kappa shape index (κ3) is 5.58. The average molecular weight is 602 g/mol. The SMILES string of the molecule is COc1ccc(-c2nc(C(=O)O)co2)cc1C(=O)N[C@@H]1C2CCC(C2=C(C)C)[C@@H]1C(=O)Nc1ccc(F)c(C(F)(F)F)c1. The number of hydrogen-bond acceptors (Lipinski definition) is 6. The third-order valence-corrected chi connectivity index (χ3v) is 7.97. The molecule has 0 saturated heterocycles. The molecule has 226 valence electrons. The van der Waals surface area contributed by atoms with Crippen LogP contribution in [0.1, 0.15) is 53.1 Å². The minimum atomic E-state index is -4.95. The van der Waals surface area contributed by atoms with Crippen molar-refractivity contribution in [2.24, 2.45) is 17.8 Å². The Morgan fingerprint density at radius 2 is 1.79 bits per heavy atom. The van der Waals surface area contributed by atoms with Gasteiger partial charge in [-0.05, 0) is 69.0 Å². The summed E-state index contributed by atoms with van der Waals surface area (Å²) < 4.78 is 64.3. The lowest BCUT2D eigenvalue weighted by Crippen LogP contribution is -2.48. The summed E-state index contributed by atoms with van der Waals surface area (Å²) in [4.78, 5) is 42.4. The van der Waals surface area contributed by atoms with Crippen molar-refractivity contribution in [1.29, 1.82) is 0 Å². The number of methoxy groups -OCH3 is 1. The van der Waals surface area contributed by atoms with Crippen molar-refractivity contribution in [3.63, 3.8) is 0 Å². The molecule has 43 heavy (non-hydrogen) atoms. The van der Waals surface area contributed by atoms with Crippen LogP contribution in [0.2, 0.25) is 0 Å². The number of aromatic carboxylic acids is 1. The van der Waals surface area contributed by atoms with Gasteiger partial charge in [0.2, 0.25) is 11.8 Å². The van der Waals surface area contributed by atoms with Gasteiger partial charge in [0.1, 0.15) is 17.8 Å². The summed E-state index contributed by atoms with van der Waals surface area (Å²) >= 11 is 0. The molecule has 2 saturated carbocycles. The second kappa shape index (κ2) is 11.2. The number of nitrogens with zero attached hydrogens (tertiary/aromatic N) is 1. The molecule has 9 nitrogen and oxygen atoms in total. The Bertz CT molecular complexity index is 1640. The first-order valence-electron chi connectivity index (χ1n) is 13.3. The van der Waals surface area contributed by atoms with E-state index >= 15 is 0 Å². The molecule has 5 rings (SSSR count). The number of aromatic nitrogens is 1. The van der Waals surface area contributed by atoms with E-state index < -0.39 is 47.3 Å². The lowest BCUT2D eigenvalue weighted by Gasteiger charge is -2.30. The molecule has 2 aliphatic carbocycles. The Labute approximate surface area is 242 Å². The topological polar surface area (TPSA) is 131 Å². The van der Waals surface area contributed by atoms with Gasteiger partial charge in [-0.3, -0.25) is 9.59 Å². The van der Waals surface area contributed by atoms with Crippen LogP contribution < -0.4 is 15.4 Å². The van der Waals surface area contributed by atoms with Gasteiger partial charge in [0.15, 0.2) is 5.69 Å². The third-order valence-electron chi connectivity index (χ3n) is 7.97. The van der Waals surface area contributed by atoms with Crippen LogP contribution in [0.3, 0.4) is 0 Å². The van der Waals surface area contributed by atoms with Gasteiger partial charge in [-0.25, -0.2) is 14.2 Å². The van der Waals surface area contributed by atoms with Crippen LogP contribution in [0.15, 0.2) is 58.2 Å². The smallest absolute Gasteiger partial charge is 0.419 e. The van der Waals surface area contributed by atoms with Crippen LogP contribution in [0, 0.1) is 23.6 Å². The highest BCUT2D eigenvalue weighted by Gasteiger charge is 2.55. The van der Waals surface area contributed by atoms with Crippen molar-refractivity contribution in [3.05, 3.63) is 76.4 Å². The number of fused-ring (bicyclic) bond motifs is 2. The number of ether oxygens (including phenoxy) is 1. The molecule has 3 N–H and O–H groups in total. The molecule has 2 aliphatic rings. The predicted molar refractivity (Wildman–Crippen MR) is 145 cm³/mol. The molecule has 2 aromatic carbocycles. The molecule has 2 fully saturated rings. The molecule has 4 atom stereocenters. The molecule has 2 bridgehead atoms. The maximum atomic E-state index is 13.8. The number of nitrogens with one attached hydrogen (secondary N) is 2. The predicted octanol–water partition coefficient (Wildman–Crippen LogP) is 5.94. The zero-order valence-corrected chi connectivity index (χ0v) is 23.2. The van der Waals surface area contributed by atoms with E-state index in [4.69, 9.17) is 14.3 Å². The van der Waals surface area contributed by atoms with Gasteiger partial charge in [-0.2, -0.15) is 13.2 Å². The molecule has 1 aromatic heterocycles. The fraction of sp³-hybridized carbons (Fsp3) is 0.333. The highest BCUT2D eigenvalue weighted by molar-refractivity contribution is 6.00. The van der Waals surface area contributed by atoms with Crippen LogP contribution in [0.25, 0.3) is 11.5 Å². The largest absolute Gasteiger partial charge is 0.496 e. The number of anilines is 1. The Morgan fingerprint density at radius 3 is 2.42 bits per heavy atom. The van der Waals surface area contributed by atoms with Crippen LogP contribution in [-0.4, -0.2) is 41.0 Å². The lowest BCUT2D eigenvalue weighted by molar-refractivity contribution is -0.140. The number of carbonyl (C=O) groups is 3. The number of allylic oxidation sites excluding steroid dienone is 1. The number of alkyl halides is 3. The van der Waals surface area contributed by atoms with Gasteiger partial charge in [0, 0.05) is 23.2 Å². The lowest BCUT2D eigenvalue weighted by atomic mass is 9.83. The van der Waals surface area contributed by atoms with Gasteiger partial charge in [-0.15, -0.1) is 0 Å². The first kappa shape index (κ1) is 29.8. The second-order valence-corrected chi connectivity index (χ2v) is 10.7. The summed E-state index contributed by atoms with van der Waals surface area (Å²) in [7, 11) is 1.37. The number of hydrogen-bond donors (Lipinski definition) is 3. The highest BCUT2D eigenvalue weighted by atomic mass is 19.4. The number of rotatable bonds is 7. The standard InChI is InChI=1S/C30H27F4N3O6/c1-13(2)23-16-6-7-17(23)25(24(16)27(39)35-15-5-8-20(31)19(11-15)30(32,33)34)37-26(38)18-10-14(4-9-22(18)42-3)28-36-21(12-43-28)29(40)41/h4-5,8-12,16-17,24-25H,6-7H2,1-3H3,(H,35,39)(H,37,38)(H,40,41)/t16?,17?,24-,25+/m0/s1. The van der Waals surface area contributed by atoms with Crippen LogP contribution in [-0.2, 0) is 11.0 Å². The van der Waals surface area contributed by atoms with Crippen molar-refractivity contribution in [1.82, 2.24) is 10.3 Å². The Hall–Kier alpha value is -4.68. The van der Waals surface area contributed by atoms with Crippen molar-refractivity contribution < 1.29 is 46.2 Å². The van der Waals surface area contributed by atoms with Crippen molar-refractivity contribution in [2.75, 3.05) is 12.4 Å². The van der Waals surface area contributed by atoms with Crippen LogP contribution in [0.4, 0.5) is 23.2 Å². The maximum Gasteiger partial charge on any atom is 0.419 e. The number of oxazole rings is 1. The fourth-order valence-corrected chi connectivity index (χ4v) is 6.27. The van der Waals surface area contributed by atoms with Gasteiger partial charge in [-0.1, -0.05) is 11.1 Å². The molecule has 3 aromatic rings. The van der Waals surface area contributed by atoms with E-state index in [0.29, 0.717) is 30.5 Å². The van der Waals surface area contributed by atoms with E-state index in [1.54, 1.807) is 6.07 Å². The summed E-state index contributed by atoms with van der Waals surface area (Å²) in [6, 6.07) is 6.01. The number of halogens is 4. The highest BCUT2D eigenvalue weighted by Crippen LogP contribution is 2.54. The zero-order valence-electron chi connectivity index (χ0n) is 23.2. The fourth-order valence-electron chi connectivity index (χ4n) is 6.27. The van der Waals surface area contributed by atoms with Crippen molar-refractivity contribution in [2.45, 2.75) is 38.9 Å². The maximum absolute atomic E-state index is 13.8. The second-order valence-electron chi connectivity index (χ2n) is 10.7. The van der Waals surface area contributed by atoms with E-state index in [2.05, 4.69) is 15.6 Å². The number of carboxylic acid groups (broad SMARTS) is 1. The number of amides is 2. The number of benzene rings is 2. The van der Waals surface area contributed by atoms with Crippen LogP contribution in [0.5, 0.6) is 5.75 Å². The van der Waals surface area contributed by atoms with Crippen molar-refractivity contribution >= 4 is 23.5 Å². The quantitative estimate of drug-likeness (QED) is 0.226. The minimum Gasteiger partial charge on any atom is -0.496 e. The molecule has 2 unspecified atom stereocenters. The summed E-state index contributed by atoms with van der Waals surface area (Å²) in [5, 5.41) is 14.6. The van der Waals surface area contributed by atoms with Gasteiger partial charge >= 0.3 is 12.1 Å². The van der Waals surface area contributed by atoms with E-state index in [0.717, 1.165) is 23.5 Å². The first-order chi connectivity index (χ1) is 20.3. The molecule has 0 radical (unpaired) electrons. The Kier molecular flexibility index (Phi) is 7.76. The summed E-state index contributed by atoms with van der Waals surface area (Å²) in [5.74, 6) is -5.02. The minimum absolute atomic E-state index is 0.0318. The molecule has 2 amide bonds. The number of carboxylic acids is 1. The molecular formula is C30H27F4N3O6. The van der Waals surface area contributed by atoms with Gasteiger partial charge in [0.25, 0.3) is 5.91 Å². The van der Waals surface area contributed by atoms with Gasteiger partial charge in [0.05, 0.1) is 24.2 Å². The first-order valence-corrected chi connectivity index (χ1v) is 13.3. The number of carbonyl (C=O) groups excluding carboxylic acids is 2. The van der Waals surface area contributed by atoms with E-state index in [1.165, 1.54) is 19.2 Å². The monoisotopic (exact) mass is 601 g/mol.